The number of rotatable bonds is 13. The number of hydrogen-bond donors (Lipinski definition) is 0. The van der Waals surface area contributed by atoms with Gasteiger partial charge in [0, 0.05) is 45.7 Å². The molecule has 0 unspecified atom stereocenters. The highest BCUT2D eigenvalue weighted by Crippen LogP contribution is 2.44. The van der Waals surface area contributed by atoms with Gasteiger partial charge in [-0.3, -0.25) is 4.79 Å². The summed E-state index contributed by atoms with van der Waals surface area (Å²) in [6.07, 6.45) is 5.90. The molecule has 3 aliphatic rings. The van der Waals surface area contributed by atoms with Crippen LogP contribution < -0.4 is 14.4 Å². The Balaban J connectivity index is 1.24. The molecule has 44 heavy (non-hydrogen) atoms. The van der Waals surface area contributed by atoms with E-state index in [4.69, 9.17) is 23.7 Å². The van der Waals surface area contributed by atoms with E-state index in [2.05, 4.69) is 61.2 Å². The van der Waals surface area contributed by atoms with E-state index in [1.54, 1.807) is 14.2 Å². The predicted molar refractivity (Wildman–Crippen MR) is 173 cm³/mol. The van der Waals surface area contributed by atoms with Gasteiger partial charge in [0.15, 0.2) is 0 Å². The molecule has 2 fully saturated rings. The molecule has 5 rings (SSSR count). The summed E-state index contributed by atoms with van der Waals surface area (Å²) < 4.78 is 28.9. The van der Waals surface area contributed by atoms with Crippen LogP contribution in [0.2, 0.25) is 0 Å². The Morgan fingerprint density at radius 3 is 2.55 bits per heavy atom. The van der Waals surface area contributed by atoms with Gasteiger partial charge in [-0.05, 0) is 78.8 Å². The number of benzene rings is 2. The summed E-state index contributed by atoms with van der Waals surface area (Å²) in [5, 5.41) is 0. The molecule has 2 heterocycles. The number of carbonyl (C=O) groups is 1. The van der Waals surface area contributed by atoms with E-state index in [0.29, 0.717) is 51.9 Å². The molecule has 8 nitrogen and oxygen atoms in total. The fourth-order valence-electron chi connectivity index (χ4n) is 7.25. The third-order valence-corrected chi connectivity index (χ3v) is 9.50. The Morgan fingerprint density at radius 2 is 1.80 bits per heavy atom. The molecule has 2 aromatic rings. The molecule has 0 radical (unpaired) electrons. The SMILES string of the molecule is COCCCN1CCOc2ccc(CO[C@H]3CC[C@H](CC(C)(C)CC(=O)N4CCOCC4)C[C@@H]3c3ccc(OC)cc3)cc21. The molecular weight excluding hydrogens is 556 g/mol. The maximum absolute atomic E-state index is 13.1. The molecule has 8 heteroatoms. The first kappa shape index (κ1) is 32.6. The van der Waals surface area contributed by atoms with Crippen molar-refractivity contribution in [2.75, 3.05) is 71.7 Å². The topological polar surface area (TPSA) is 69.7 Å². The van der Waals surface area contributed by atoms with Crippen LogP contribution in [0.5, 0.6) is 11.5 Å². The average molecular weight is 609 g/mol. The first-order chi connectivity index (χ1) is 21.3. The molecule has 2 aliphatic heterocycles. The molecule has 0 spiro atoms. The normalized spacial score (nSPS) is 22.3. The van der Waals surface area contributed by atoms with Crippen molar-refractivity contribution >= 4 is 11.6 Å². The molecule has 1 saturated carbocycles. The zero-order chi connectivity index (χ0) is 30.9. The van der Waals surface area contributed by atoms with Gasteiger partial charge in [-0.25, -0.2) is 0 Å². The molecular formula is C36H52N2O6. The van der Waals surface area contributed by atoms with Crippen LogP contribution in [-0.4, -0.2) is 83.7 Å². The predicted octanol–water partition coefficient (Wildman–Crippen LogP) is 6.06. The van der Waals surface area contributed by atoms with Crippen LogP contribution in [0.3, 0.4) is 0 Å². The second kappa shape index (κ2) is 15.5. The summed E-state index contributed by atoms with van der Waals surface area (Å²) in [7, 11) is 3.46. The van der Waals surface area contributed by atoms with Gasteiger partial charge in [0.05, 0.1) is 45.3 Å². The molecule has 0 bridgehead atoms. The van der Waals surface area contributed by atoms with Crippen LogP contribution in [-0.2, 0) is 25.6 Å². The molecule has 1 aliphatic carbocycles. The number of morpholine rings is 1. The van der Waals surface area contributed by atoms with Crippen LogP contribution in [0, 0.1) is 11.3 Å². The lowest BCUT2D eigenvalue weighted by molar-refractivity contribution is -0.137. The summed E-state index contributed by atoms with van der Waals surface area (Å²) in [4.78, 5) is 17.4. The minimum Gasteiger partial charge on any atom is -0.497 e. The highest BCUT2D eigenvalue weighted by atomic mass is 16.5. The quantitative estimate of drug-likeness (QED) is 0.256. The van der Waals surface area contributed by atoms with Crippen molar-refractivity contribution in [2.45, 2.75) is 71.0 Å². The first-order valence-electron chi connectivity index (χ1n) is 16.5. The van der Waals surface area contributed by atoms with E-state index in [1.807, 2.05) is 4.90 Å². The lowest BCUT2D eigenvalue weighted by atomic mass is 9.69. The molecule has 0 aromatic heterocycles. The van der Waals surface area contributed by atoms with Crippen LogP contribution >= 0.6 is 0 Å². The van der Waals surface area contributed by atoms with Gasteiger partial charge in [-0.2, -0.15) is 0 Å². The highest BCUT2D eigenvalue weighted by molar-refractivity contribution is 5.77. The van der Waals surface area contributed by atoms with Crippen molar-refractivity contribution in [2.24, 2.45) is 11.3 Å². The molecule has 2 aromatic carbocycles. The monoisotopic (exact) mass is 608 g/mol. The van der Waals surface area contributed by atoms with E-state index in [1.165, 1.54) is 11.1 Å². The first-order valence-corrected chi connectivity index (χ1v) is 16.5. The zero-order valence-electron chi connectivity index (χ0n) is 27.2. The minimum atomic E-state index is -0.0570. The van der Waals surface area contributed by atoms with Crippen molar-refractivity contribution in [1.29, 1.82) is 0 Å². The largest absolute Gasteiger partial charge is 0.497 e. The Labute approximate surface area is 263 Å². The van der Waals surface area contributed by atoms with Gasteiger partial charge < -0.3 is 33.5 Å². The molecule has 0 N–H and O–H groups in total. The molecule has 242 valence electrons. The summed E-state index contributed by atoms with van der Waals surface area (Å²) in [6, 6.07) is 15.0. The van der Waals surface area contributed by atoms with Gasteiger partial charge in [-0.15, -0.1) is 0 Å². The Bertz CT molecular complexity index is 1200. The van der Waals surface area contributed by atoms with Crippen LogP contribution in [0.25, 0.3) is 0 Å². The van der Waals surface area contributed by atoms with Gasteiger partial charge in [0.1, 0.15) is 18.1 Å². The zero-order valence-corrected chi connectivity index (χ0v) is 27.2. The Kier molecular flexibility index (Phi) is 11.4. The number of anilines is 1. The smallest absolute Gasteiger partial charge is 0.223 e. The summed E-state index contributed by atoms with van der Waals surface area (Å²) in [5.74, 6) is 2.90. The van der Waals surface area contributed by atoms with Crippen molar-refractivity contribution in [3.63, 3.8) is 0 Å². The van der Waals surface area contributed by atoms with Crippen LogP contribution in [0.15, 0.2) is 42.5 Å². The van der Waals surface area contributed by atoms with Gasteiger partial charge in [0.2, 0.25) is 5.91 Å². The number of ether oxygens (including phenoxy) is 5. The number of carbonyl (C=O) groups excluding carboxylic acids is 1. The van der Waals surface area contributed by atoms with E-state index < -0.39 is 0 Å². The average Bonchev–Trinajstić information content (AvgIpc) is 3.04. The summed E-state index contributed by atoms with van der Waals surface area (Å²) >= 11 is 0. The molecule has 1 saturated heterocycles. The van der Waals surface area contributed by atoms with Crippen LogP contribution in [0.4, 0.5) is 5.69 Å². The van der Waals surface area contributed by atoms with E-state index in [0.717, 1.165) is 69.0 Å². The van der Waals surface area contributed by atoms with Crippen LogP contribution in [0.1, 0.15) is 69.4 Å². The Hall–Kier alpha value is -2.81. The summed E-state index contributed by atoms with van der Waals surface area (Å²) in [5.41, 5.74) is 3.56. The van der Waals surface area contributed by atoms with Crippen molar-refractivity contribution in [3.8, 4) is 11.5 Å². The maximum atomic E-state index is 13.1. The van der Waals surface area contributed by atoms with E-state index in [-0.39, 0.29) is 23.3 Å². The number of amides is 1. The lowest BCUT2D eigenvalue weighted by Crippen LogP contribution is -2.42. The molecule has 1 amide bonds. The third kappa shape index (κ3) is 8.67. The molecule has 3 atom stereocenters. The minimum absolute atomic E-state index is 0.0570. The highest BCUT2D eigenvalue weighted by Gasteiger charge is 2.36. The fraction of sp³-hybridized carbons (Fsp3) is 0.639. The third-order valence-electron chi connectivity index (χ3n) is 9.50. The number of methoxy groups -OCH3 is 2. The fourth-order valence-corrected chi connectivity index (χ4v) is 7.25. The number of fused-ring (bicyclic) bond motifs is 1. The standard InChI is InChI=1S/C36H52N2O6/c1-36(2,25-35(39)38-15-19-42-20-16-38)24-27-6-12-33(31(22-27)29-8-10-30(41-4)11-9-29)44-26-28-7-13-34-32(23-28)37(17-21-43-34)14-5-18-40-3/h7-11,13,23,27,31,33H,5-6,12,14-22,24-26H2,1-4H3/t27-,31+,33-/m0/s1. The van der Waals surface area contributed by atoms with Crippen molar-refractivity contribution < 1.29 is 28.5 Å². The number of nitrogens with zero attached hydrogens (tertiary/aromatic N) is 2. The van der Waals surface area contributed by atoms with Gasteiger partial charge in [-0.1, -0.05) is 32.0 Å². The number of hydrogen-bond acceptors (Lipinski definition) is 7. The van der Waals surface area contributed by atoms with Crippen molar-refractivity contribution in [1.82, 2.24) is 4.90 Å². The summed E-state index contributed by atoms with van der Waals surface area (Å²) in [6.45, 7) is 11.1. The van der Waals surface area contributed by atoms with Gasteiger partial charge in [0.25, 0.3) is 0 Å². The van der Waals surface area contributed by atoms with Gasteiger partial charge >= 0.3 is 0 Å². The lowest BCUT2D eigenvalue weighted by Gasteiger charge is -2.40. The maximum Gasteiger partial charge on any atom is 0.223 e. The van der Waals surface area contributed by atoms with E-state index >= 15 is 0 Å². The van der Waals surface area contributed by atoms with E-state index in [9.17, 15) is 4.79 Å². The second-order valence-corrected chi connectivity index (χ2v) is 13.4. The van der Waals surface area contributed by atoms with Crippen molar-refractivity contribution in [3.05, 3.63) is 53.6 Å². The Morgan fingerprint density at radius 1 is 1.00 bits per heavy atom. The second-order valence-electron chi connectivity index (χ2n) is 13.4.